The van der Waals surface area contributed by atoms with Crippen molar-refractivity contribution in [3.63, 3.8) is 0 Å². The summed E-state index contributed by atoms with van der Waals surface area (Å²) < 4.78 is 0. The summed E-state index contributed by atoms with van der Waals surface area (Å²) >= 11 is 11.5. The van der Waals surface area contributed by atoms with Crippen LogP contribution in [0.4, 0.5) is 0 Å². The van der Waals surface area contributed by atoms with Crippen LogP contribution in [-0.4, -0.2) is 28.0 Å². The zero-order chi connectivity index (χ0) is 11.8. The molecule has 5 heteroatoms. The largest absolute Gasteiger partial charge is 0.390 e. The minimum atomic E-state index is -0.724. The maximum absolute atomic E-state index is 11.5. The van der Waals surface area contributed by atoms with Crippen molar-refractivity contribution in [1.82, 2.24) is 5.32 Å². The van der Waals surface area contributed by atoms with Gasteiger partial charge in [0.2, 0.25) is 5.91 Å². The van der Waals surface area contributed by atoms with Gasteiger partial charge in [-0.15, -0.1) is 23.2 Å². The van der Waals surface area contributed by atoms with E-state index in [0.29, 0.717) is 6.42 Å². The zero-order valence-electron chi connectivity index (χ0n) is 9.13. The highest BCUT2D eigenvalue weighted by Crippen LogP contribution is 2.33. The third-order valence-electron chi connectivity index (χ3n) is 3.08. The second kappa shape index (κ2) is 4.48. The highest BCUT2D eigenvalue weighted by molar-refractivity contribution is 6.44. The number of halogens is 2. The van der Waals surface area contributed by atoms with Crippen LogP contribution in [-0.2, 0) is 4.79 Å². The highest BCUT2D eigenvalue weighted by Gasteiger charge is 2.48. The number of hydrogen-bond donors (Lipinski definition) is 2. The highest BCUT2D eigenvalue weighted by atomic mass is 35.5. The van der Waals surface area contributed by atoms with Crippen LogP contribution in [0.2, 0.25) is 0 Å². The molecule has 88 valence electrons. The van der Waals surface area contributed by atoms with Crippen molar-refractivity contribution in [3.05, 3.63) is 0 Å². The van der Waals surface area contributed by atoms with E-state index in [9.17, 15) is 9.90 Å². The van der Waals surface area contributed by atoms with Gasteiger partial charge in [0, 0.05) is 0 Å². The van der Waals surface area contributed by atoms with E-state index in [1.165, 1.54) is 0 Å². The van der Waals surface area contributed by atoms with Gasteiger partial charge < -0.3 is 10.4 Å². The summed E-state index contributed by atoms with van der Waals surface area (Å²) in [5.74, 6) is -0.0740. The Morgan fingerprint density at radius 2 is 2.07 bits per heavy atom. The Morgan fingerprint density at radius 3 is 2.40 bits per heavy atom. The summed E-state index contributed by atoms with van der Waals surface area (Å²) in [6.45, 7) is 5.36. The predicted octanol–water partition coefficient (Wildman–Crippen LogP) is 1.70. The van der Waals surface area contributed by atoms with Crippen LogP contribution in [0.5, 0.6) is 0 Å². The quantitative estimate of drug-likeness (QED) is 0.753. The van der Waals surface area contributed by atoms with Crippen molar-refractivity contribution < 1.29 is 9.90 Å². The second-order valence-corrected chi connectivity index (χ2v) is 5.96. The van der Waals surface area contributed by atoms with Gasteiger partial charge in [-0.1, -0.05) is 6.92 Å². The molecule has 2 N–H and O–H groups in total. The monoisotopic (exact) mass is 253 g/mol. The molecule has 1 saturated heterocycles. The van der Waals surface area contributed by atoms with Crippen LogP contribution in [0.1, 0.15) is 27.2 Å². The van der Waals surface area contributed by atoms with E-state index in [0.717, 1.165) is 0 Å². The maximum Gasteiger partial charge on any atom is 0.228 e. The third-order valence-corrected chi connectivity index (χ3v) is 3.94. The number of nitrogens with one attached hydrogen (secondary N) is 1. The molecule has 0 aromatic heterocycles. The Balaban J connectivity index is 2.64. The molecule has 15 heavy (non-hydrogen) atoms. The minimum Gasteiger partial charge on any atom is -0.390 e. The minimum absolute atomic E-state index is 0.0437. The van der Waals surface area contributed by atoms with Crippen molar-refractivity contribution in [1.29, 1.82) is 0 Å². The Labute approximate surface area is 100 Å². The zero-order valence-corrected chi connectivity index (χ0v) is 10.6. The topological polar surface area (TPSA) is 49.3 Å². The summed E-state index contributed by atoms with van der Waals surface area (Å²) in [5, 5.41) is 12.7. The molecule has 3 nitrogen and oxygen atoms in total. The smallest absolute Gasteiger partial charge is 0.228 e. The van der Waals surface area contributed by atoms with Gasteiger partial charge in [-0.05, 0) is 26.2 Å². The van der Waals surface area contributed by atoms with E-state index >= 15 is 0 Å². The van der Waals surface area contributed by atoms with Crippen molar-refractivity contribution in [2.45, 2.75) is 44.2 Å². The van der Waals surface area contributed by atoms with Crippen molar-refractivity contribution in [2.75, 3.05) is 0 Å². The summed E-state index contributed by atoms with van der Waals surface area (Å²) in [6, 6.07) is -0.248. The fourth-order valence-corrected chi connectivity index (χ4v) is 1.97. The normalized spacial score (nSPS) is 31.8. The molecule has 3 atom stereocenters. The fraction of sp³-hybridized carbons (Fsp3) is 0.900. The fourth-order valence-electron chi connectivity index (χ4n) is 1.76. The summed E-state index contributed by atoms with van der Waals surface area (Å²) in [6.07, 6.45) is -0.0897. The van der Waals surface area contributed by atoms with Gasteiger partial charge >= 0.3 is 0 Å². The van der Waals surface area contributed by atoms with Crippen molar-refractivity contribution >= 4 is 29.1 Å². The molecule has 0 aromatic carbocycles. The summed E-state index contributed by atoms with van der Waals surface area (Å²) in [7, 11) is 0. The van der Waals surface area contributed by atoms with Crippen LogP contribution in [0.25, 0.3) is 0 Å². The first-order valence-corrected chi connectivity index (χ1v) is 5.91. The Morgan fingerprint density at radius 1 is 1.53 bits per heavy atom. The Hall–Kier alpha value is 0.01000. The number of carbonyl (C=O) groups excluding carboxylic acids is 1. The van der Waals surface area contributed by atoms with Gasteiger partial charge in [0.25, 0.3) is 0 Å². The first-order chi connectivity index (χ1) is 6.76. The second-order valence-electron chi connectivity index (χ2n) is 4.79. The van der Waals surface area contributed by atoms with Crippen LogP contribution in [0, 0.1) is 11.3 Å². The number of aliphatic hydroxyl groups excluding tert-OH is 1. The van der Waals surface area contributed by atoms with Crippen molar-refractivity contribution in [2.24, 2.45) is 11.3 Å². The van der Waals surface area contributed by atoms with Crippen molar-refractivity contribution in [3.8, 4) is 0 Å². The molecule has 1 rings (SSSR count). The number of amides is 1. The SMILES string of the molecule is CC(C[C@@H]1NC(=O)C(C)(C)[C@@H]1O)C(Cl)Cl. The molecule has 1 aliphatic rings. The molecule has 0 aliphatic carbocycles. The molecule has 1 aliphatic heterocycles. The first-order valence-electron chi connectivity index (χ1n) is 5.04. The van der Waals surface area contributed by atoms with Crippen LogP contribution in [0.15, 0.2) is 0 Å². The maximum atomic E-state index is 11.5. The number of carbonyl (C=O) groups is 1. The molecule has 0 spiro atoms. The van der Waals surface area contributed by atoms with Crippen LogP contribution >= 0.6 is 23.2 Å². The third kappa shape index (κ3) is 2.58. The molecule has 0 bridgehead atoms. The molecule has 0 aromatic rings. The first kappa shape index (κ1) is 13.1. The van der Waals surface area contributed by atoms with E-state index in [4.69, 9.17) is 23.2 Å². The predicted molar refractivity (Wildman–Crippen MR) is 61.0 cm³/mol. The lowest BCUT2D eigenvalue weighted by molar-refractivity contribution is -0.128. The molecule has 1 heterocycles. The van der Waals surface area contributed by atoms with Crippen LogP contribution in [0.3, 0.4) is 0 Å². The standard InChI is InChI=1S/C10H17Cl2NO2/c1-5(8(11)12)4-6-7(14)10(2,3)9(15)13-6/h5-8,14H,4H2,1-3H3,(H,13,15)/t5?,6-,7+/m0/s1. The van der Waals surface area contributed by atoms with Gasteiger partial charge in [-0.2, -0.15) is 0 Å². The average molecular weight is 254 g/mol. The molecule has 0 saturated carbocycles. The van der Waals surface area contributed by atoms with Gasteiger partial charge in [0.1, 0.15) is 4.84 Å². The molecule has 1 fully saturated rings. The number of aliphatic hydroxyl groups is 1. The number of hydrogen-bond acceptors (Lipinski definition) is 2. The van der Waals surface area contributed by atoms with Gasteiger partial charge in [-0.3, -0.25) is 4.79 Å². The van der Waals surface area contributed by atoms with Gasteiger partial charge in [0.05, 0.1) is 17.6 Å². The van der Waals surface area contributed by atoms with Crippen LogP contribution < -0.4 is 5.32 Å². The number of rotatable bonds is 3. The van der Waals surface area contributed by atoms with E-state index in [-0.39, 0.29) is 17.9 Å². The molecule has 0 radical (unpaired) electrons. The summed E-state index contributed by atoms with van der Waals surface area (Å²) in [5.41, 5.74) is -0.724. The lowest BCUT2D eigenvalue weighted by Gasteiger charge is -2.24. The van der Waals surface area contributed by atoms with E-state index in [2.05, 4.69) is 5.32 Å². The Bertz CT molecular complexity index is 256. The average Bonchev–Trinajstić information content (AvgIpc) is 2.30. The molecular formula is C10H17Cl2NO2. The molecular weight excluding hydrogens is 237 g/mol. The van der Waals surface area contributed by atoms with E-state index < -0.39 is 16.4 Å². The lowest BCUT2D eigenvalue weighted by atomic mass is 9.84. The number of alkyl halides is 2. The Kier molecular flexibility index (Phi) is 3.90. The van der Waals surface area contributed by atoms with Gasteiger partial charge in [0.15, 0.2) is 0 Å². The lowest BCUT2D eigenvalue weighted by Crippen LogP contribution is -2.36. The summed E-state index contributed by atoms with van der Waals surface area (Å²) in [4.78, 5) is 11.1. The molecule has 1 unspecified atom stereocenters. The van der Waals surface area contributed by atoms with Gasteiger partial charge in [-0.25, -0.2) is 0 Å². The van der Waals surface area contributed by atoms with E-state index in [1.54, 1.807) is 13.8 Å². The van der Waals surface area contributed by atoms with E-state index in [1.807, 2.05) is 6.92 Å². The molecule has 1 amide bonds.